The van der Waals surface area contributed by atoms with Gasteiger partial charge in [-0.3, -0.25) is 9.78 Å². The molecule has 2 aliphatic rings. The lowest BCUT2D eigenvalue weighted by atomic mass is 9.84. The summed E-state index contributed by atoms with van der Waals surface area (Å²) in [5.41, 5.74) is -0.337. The summed E-state index contributed by atoms with van der Waals surface area (Å²) < 4.78 is 62.0. The summed E-state index contributed by atoms with van der Waals surface area (Å²) in [6, 6.07) is 9.34. The van der Waals surface area contributed by atoms with E-state index < -0.39 is 12.1 Å². The van der Waals surface area contributed by atoms with Crippen LogP contribution in [-0.4, -0.2) is 71.1 Å². The molecule has 1 aromatic carbocycles. The number of nitrogens with zero attached hydrogens (tertiary/aromatic N) is 2. The second-order valence-corrected chi connectivity index (χ2v) is 7.75. The van der Waals surface area contributed by atoms with Crippen molar-refractivity contribution >= 4 is 11.9 Å². The predicted molar refractivity (Wildman–Crippen MR) is 109 cm³/mol. The zero-order chi connectivity index (χ0) is 24.8. The molecule has 1 aromatic heterocycles. The molecule has 1 N–H and O–H groups in total. The van der Waals surface area contributed by atoms with Crippen molar-refractivity contribution in [3.05, 3.63) is 54.6 Å². The second-order valence-electron chi connectivity index (χ2n) is 7.75. The first-order valence-electron chi connectivity index (χ1n) is 10.2. The molecule has 1 unspecified atom stereocenters. The van der Waals surface area contributed by atoms with E-state index in [0.717, 1.165) is 18.6 Å². The number of benzene rings is 1. The Labute approximate surface area is 192 Å². The highest BCUT2D eigenvalue weighted by Crippen LogP contribution is 2.35. The zero-order valence-electron chi connectivity index (χ0n) is 17.8. The number of pyridine rings is 1. The molecule has 12 heteroatoms. The second kappa shape index (κ2) is 10.7. The molecule has 1 spiro atoms. The minimum Gasteiger partial charge on any atom is -0.489 e. The summed E-state index contributed by atoms with van der Waals surface area (Å²) in [5.74, 6) is -1.98. The number of carbonyl (C=O) groups excluding carboxylic acids is 1. The van der Waals surface area contributed by atoms with Gasteiger partial charge in [0.1, 0.15) is 29.0 Å². The summed E-state index contributed by atoms with van der Waals surface area (Å²) in [4.78, 5) is 27.0. The van der Waals surface area contributed by atoms with Gasteiger partial charge < -0.3 is 24.2 Å². The van der Waals surface area contributed by atoms with Crippen LogP contribution in [-0.2, 0) is 14.3 Å². The van der Waals surface area contributed by atoms with Crippen molar-refractivity contribution in [2.24, 2.45) is 0 Å². The summed E-state index contributed by atoms with van der Waals surface area (Å²) in [6.07, 6.45) is -0.0635. The number of carboxylic acids is 1. The van der Waals surface area contributed by atoms with Crippen LogP contribution in [0.5, 0.6) is 11.5 Å². The van der Waals surface area contributed by atoms with E-state index in [-0.39, 0.29) is 30.0 Å². The average Bonchev–Trinajstić information content (AvgIpc) is 2.77. The molecule has 0 saturated carbocycles. The average molecular weight is 486 g/mol. The van der Waals surface area contributed by atoms with E-state index in [0.29, 0.717) is 25.4 Å². The van der Waals surface area contributed by atoms with Crippen LogP contribution in [0.4, 0.5) is 17.6 Å². The number of aromatic nitrogens is 1. The fourth-order valence-electron chi connectivity index (χ4n) is 3.51. The Morgan fingerprint density at radius 2 is 1.85 bits per heavy atom. The van der Waals surface area contributed by atoms with Crippen LogP contribution in [0.2, 0.25) is 0 Å². The van der Waals surface area contributed by atoms with Gasteiger partial charge in [0.2, 0.25) is 0 Å². The van der Waals surface area contributed by atoms with Crippen molar-refractivity contribution < 1.29 is 46.5 Å². The van der Waals surface area contributed by atoms with Gasteiger partial charge in [-0.15, -0.1) is 0 Å². The van der Waals surface area contributed by atoms with Crippen LogP contribution in [0.25, 0.3) is 0 Å². The number of carboxylic acid groups (broad SMARTS) is 1. The smallest absolute Gasteiger partial charge is 0.489 e. The number of hydrogen-bond acceptors (Lipinski definition) is 6. The van der Waals surface area contributed by atoms with Crippen LogP contribution in [0.3, 0.4) is 0 Å². The van der Waals surface area contributed by atoms with E-state index in [1.54, 1.807) is 17.3 Å². The summed E-state index contributed by atoms with van der Waals surface area (Å²) >= 11 is 0. The maximum absolute atomic E-state index is 12.9. The van der Waals surface area contributed by atoms with Crippen LogP contribution in [0, 0.1) is 5.82 Å². The third-order valence-corrected chi connectivity index (χ3v) is 5.11. The topological polar surface area (TPSA) is 98.2 Å². The molecule has 8 nitrogen and oxygen atoms in total. The van der Waals surface area contributed by atoms with Gasteiger partial charge in [0.05, 0.1) is 25.9 Å². The monoisotopic (exact) mass is 486 g/mol. The highest BCUT2D eigenvalue weighted by Gasteiger charge is 2.50. The number of rotatable bonds is 5. The maximum Gasteiger partial charge on any atom is 0.490 e. The zero-order valence-corrected chi connectivity index (χ0v) is 17.8. The van der Waals surface area contributed by atoms with Crippen LogP contribution in [0.1, 0.15) is 12.8 Å². The lowest BCUT2D eigenvalue weighted by molar-refractivity contribution is -0.194. The number of halogens is 4. The maximum atomic E-state index is 12.9. The van der Waals surface area contributed by atoms with Crippen molar-refractivity contribution in [2.45, 2.75) is 30.7 Å². The van der Waals surface area contributed by atoms with Crippen LogP contribution in [0.15, 0.2) is 48.8 Å². The molecule has 0 bridgehead atoms. The van der Waals surface area contributed by atoms with Gasteiger partial charge in [0.15, 0.2) is 6.61 Å². The Morgan fingerprint density at radius 3 is 2.44 bits per heavy atom. The number of ether oxygens (including phenoxy) is 3. The molecule has 0 aliphatic carbocycles. The van der Waals surface area contributed by atoms with E-state index in [1.807, 2.05) is 12.1 Å². The highest BCUT2D eigenvalue weighted by molar-refractivity contribution is 5.79. The van der Waals surface area contributed by atoms with Gasteiger partial charge in [-0.05, 0) is 36.4 Å². The van der Waals surface area contributed by atoms with E-state index in [4.69, 9.17) is 24.1 Å². The lowest BCUT2D eigenvalue weighted by Crippen LogP contribution is -2.68. The molecule has 0 radical (unpaired) electrons. The fourth-order valence-corrected chi connectivity index (χ4v) is 3.51. The van der Waals surface area contributed by atoms with Gasteiger partial charge in [-0.2, -0.15) is 13.2 Å². The SMILES string of the molecule is O=C(COc1ccc(F)cc1)N1CC2(CC(Oc3cccnc3)CCO2)C1.O=C(O)C(F)(F)F. The molecule has 4 rings (SSSR count). The van der Waals surface area contributed by atoms with Gasteiger partial charge in [-0.1, -0.05) is 0 Å². The largest absolute Gasteiger partial charge is 0.490 e. The van der Waals surface area contributed by atoms with Crippen LogP contribution < -0.4 is 9.47 Å². The molecule has 2 aromatic rings. The van der Waals surface area contributed by atoms with Crippen molar-refractivity contribution in [1.82, 2.24) is 9.88 Å². The molecular weight excluding hydrogens is 464 g/mol. The van der Waals surface area contributed by atoms with E-state index in [1.165, 1.54) is 24.3 Å². The number of likely N-dealkylation sites (tertiary alicyclic amines) is 1. The van der Waals surface area contributed by atoms with Crippen molar-refractivity contribution in [2.75, 3.05) is 26.3 Å². The predicted octanol–water partition coefficient (Wildman–Crippen LogP) is 3.07. The van der Waals surface area contributed by atoms with Gasteiger partial charge >= 0.3 is 12.1 Å². The van der Waals surface area contributed by atoms with Crippen molar-refractivity contribution in [3.63, 3.8) is 0 Å². The molecule has 34 heavy (non-hydrogen) atoms. The van der Waals surface area contributed by atoms with Crippen molar-refractivity contribution in [3.8, 4) is 11.5 Å². The summed E-state index contributed by atoms with van der Waals surface area (Å²) in [6.45, 7) is 1.60. The Kier molecular flexibility index (Phi) is 7.92. The van der Waals surface area contributed by atoms with Gasteiger partial charge in [0.25, 0.3) is 5.91 Å². The first-order chi connectivity index (χ1) is 16.1. The van der Waals surface area contributed by atoms with Crippen molar-refractivity contribution in [1.29, 1.82) is 0 Å². The first-order valence-corrected chi connectivity index (χ1v) is 10.2. The Balaban J connectivity index is 0.000000406. The summed E-state index contributed by atoms with van der Waals surface area (Å²) in [5, 5.41) is 7.12. The molecular formula is C22H22F4N2O6. The van der Waals surface area contributed by atoms with E-state index >= 15 is 0 Å². The number of amides is 1. The third-order valence-electron chi connectivity index (χ3n) is 5.11. The molecule has 1 amide bonds. The fraction of sp³-hybridized carbons (Fsp3) is 0.409. The third kappa shape index (κ3) is 7.04. The Hall–Kier alpha value is -3.41. The molecule has 2 aliphatic heterocycles. The molecule has 3 heterocycles. The number of hydrogen-bond donors (Lipinski definition) is 1. The minimum absolute atomic E-state index is 0.0515. The Morgan fingerprint density at radius 1 is 1.18 bits per heavy atom. The minimum atomic E-state index is -5.08. The van der Waals surface area contributed by atoms with E-state index in [9.17, 15) is 22.4 Å². The number of carbonyl (C=O) groups is 2. The lowest BCUT2D eigenvalue weighted by Gasteiger charge is -2.52. The molecule has 184 valence electrons. The van der Waals surface area contributed by atoms with E-state index in [2.05, 4.69) is 4.98 Å². The summed E-state index contributed by atoms with van der Waals surface area (Å²) in [7, 11) is 0. The Bertz CT molecular complexity index is 966. The number of aliphatic carboxylic acids is 1. The highest BCUT2D eigenvalue weighted by atomic mass is 19.4. The molecule has 1 atom stereocenters. The first kappa shape index (κ1) is 25.2. The van der Waals surface area contributed by atoms with Gasteiger partial charge in [0, 0.05) is 19.0 Å². The standard InChI is InChI=1S/C20H21FN2O4.C2HF3O2/c21-15-3-5-16(6-4-15)25-12-19(24)23-13-20(14-23)10-17(7-9-26-20)27-18-2-1-8-22-11-18;3-2(4,5)1(6)7/h1-6,8,11,17H,7,9-10,12-14H2;(H,6,7). The molecule has 2 fully saturated rings. The normalized spacial score (nSPS) is 18.8. The van der Waals surface area contributed by atoms with Gasteiger partial charge in [-0.25, -0.2) is 9.18 Å². The molecule has 2 saturated heterocycles. The quantitative estimate of drug-likeness (QED) is 0.649. The van der Waals surface area contributed by atoms with Crippen LogP contribution >= 0.6 is 0 Å². The number of alkyl halides is 3.